The van der Waals surface area contributed by atoms with Crippen LogP contribution in [0.4, 0.5) is 0 Å². The molecular weight excluding hydrogens is 254 g/mol. The molecule has 1 N–H and O–H groups in total. The summed E-state index contributed by atoms with van der Waals surface area (Å²) < 4.78 is 2.00. The van der Waals surface area contributed by atoms with Crippen LogP contribution in [0, 0.1) is 0 Å². The maximum Gasteiger partial charge on any atom is 0.289 e. The molecule has 110 valence electrons. The van der Waals surface area contributed by atoms with Gasteiger partial charge in [-0.15, -0.1) is 0 Å². The summed E-state index contributed by atoms with van der Waals surface area (Å²) in [4.78, 5) is 18.0. The number of rotatable bonds is 7. The van der Waals surface area contributed by atoms with Gasteiger partial charge in [0.15, 0.2) is 5.76 Å². The maximum atomic E-state index is 12.2. The van der Waals surface area contributed by atoms with E-state index in [-0.39, 0.29) is 17.7 Å². The molecule has 1 unspecified atom stereocenters. The second kappa shape index (κ2) is 6.59. The summed E-state index contributed by atoms with van der Waals surface area (Å²) in [6.07, 6.45) is 8.98. The molecule has 1 aliphatic rings. The summed E-state index contributed by atoms with van der Waals surface area (Å²) in [5.74, 6) is -0.223. The van der Waals surface area contributed by atoms with E-state index in [2.05, 4.69) is 11.9 Å². The highest BCUT2D eigenvalue weighted by molar-refractivity contribution is 5.95. The van der Waals surface area contributed by atoms with Gasteiger partial charge in [-0.05, 0) is 24.8 Å². The molecule has 1 aliphatic heterocycles. The number of aliphatic hydroxyl groups excluding tert-OH is 1. The van der Waals surface area contributed by atoms with Crippen molar-refractivity contribution < 1.29 is 9.90 Å². The minimum absolute atomic E-state index is 0.0198. The molecule has 1 amide bonds. The molecule has 0 saturated heterocycles. The van der Waals surface area contributed by atoms with Crippen LogP contribution in [-0.2, 0) is 11.3 Å². The molecule has 1 aromatic rings. The lowest BCUT2D eigenvalue weighted by molar-refractivity contribution is -0.129. The third-order valence-electron chi connectivity index (χ3n) is 3.86. The molecule has 0 bridgehead atoms. The largest absolute Gasteiger partial charge is 0.503 e. The summed E-state index contributed by atoms with van der Waals surface area (Å²) in [5.41, 5.74) is 0.902. The van der Waals surface area contributed by atoms with Crippen LogP contribution in [0.2, 0.25) is 0 Å². The molecule has 0 saturated carbocycles. The van der Waals surface area contributed by atoms with Crippen LogP contribution in [0.3, 0.4) is 0 Å². The van der Waals surface area contributed by atoms with Crippen molar-refractivity contribution in [2.75, 3.05) is 6.54 Å². The lowest BCUT2D eigenvalue weighted by Gasteiger charge is -2.26. The van der Waals surface area contributed by atoms with E-state index in [9.17, 15) is 9.90 Å². The lowest BCUT2D eigenvalue weighted by atomic mass is 10.0. The highest BCUT2D eigenvalue weighted by Gasteiger charge is 2.37. The summed E-state index contributed by atoms with van der Waals surface area (Å²) in [6, 6.07) is 0.0836. The zero-order valence-electron chi connectivity index (χ0n) is 12.2. The summed E-state index contributed by atoms with van der Waals surface area (Å²) in [7, 11) is 0. The summed E-state index contributed by atoms with van der Waals surface area (Å²) >= 11 is 0. The van der Waals surface area contributed by atoms with E-state index in [1.807, 2.05) is 22.6 Å². The number of aryl methyl sites for hydroxylation is 1. The Balaban J connectivity index is 1.97. The van der Waals surface area contributed by atoms with E-state index in [1.165, 1.54) is 0 Å². The fourth-order valence-corrected chi connectivity index (χ4v) is 2.87. The predicted octanol–water partition coefficient (Wildman–Crippen LogP) is 2.51. The number of aromatic nitrogens is 2. The van der Waals surface area contributed by atoms with Crippen LogP contribution in [0.5, 0.6) is 0 Å². The molecule has 5 nitrogen and oxygen atoms in total. The van der Waals surface area contributed by atoms with E-state index in [1.54, 1.807) is 12.5 Å². The van der Waals surface area contributed by atoms with Gasteiger partial charge in [-0.2, -0.15) is 0 Å². The van der Waals surface area contributed by atoms with Crippen LogP contribution < -0.4 is 0 Å². The summed E-state index contributed by atoms with van der Waals surface area (Å²) in [5, 5.41) is 9.98. The van der Waals surface area contributed by atoms with Gasteiger partial charge in [0, 0.05) is 25.5 Å². The molecule has 20 heavy (non-hydrogen) atoms. The topological polar surface area (TPSA) is 58.4 Å². The number of nitrogens with zero attached hydrogens (tertiary/aromatic N) is 3. The third kappa shape index (κ3) is 2.86. The first kappa shape index (κ1) is 14.6. The SMILES string of the molecule is CCCC1C(CC)=C(O)C(=O)N1CCCn1ccnc1. The van der Waals surface area contributed by atoms with Crippen LogP contribution in [0.25, 0.3) is 0 Å². The Morgan fingerprint density at radius 3 is 2.75 bits per heavy atom. The molecule has 0 radical (unpaired) electrons. The normalized spacial score (nSPS) is 19.2. The van der Waals surface area contributed by atoms with Crippen LogP contribution >= 0.6 is 0 Å². The Morgan fingerprint density at radius 2 is 2.15 bits per heavy atom. The van der Waals surface area contributed by atoms with Gasteiger partial charge < -0.3 is 14.6 Å². The molecule has 0 fully saturated rings. The molecule has 2 rings (SSSR count). The number of carbonyl (C=O) groups excluding carboxylic acids is 1. The number of amides is 1. The molecule has 1 aromatic heterocycles. The smallest absolute Gasteiger partial charge is 0.289 e. The standard InChI is InChI=1S/C15H23N3O2/c1-3-6-13-12(4-2)14(19)15(20)18(13)9-5-8-17-10-7-16-11-17/h7,10-11,13,19H,3-6,8-9H2,1-2H3. The molecular formula is C15H23N3O2. The van der Waals surface area contributed by atoms with Crippen molar-refractivity contribution in [1.29, 1.82) is 0 Å². The highest BCUT2D eigenvalue weighted by atomic mass is 16.3. The quantitative estimate of drug-likeness (QED) is 0.833. The minimum atomic E-state index is -0.203. The van der Waals surface area contributed by atoms with Crippen molar-refractivity contribution in [2.24, 2.45) is 0 Å². The Morgan fingerprint density at radius 1 is 1.35 bits per heavy atom. The predicted molar refractivity (Wildman–Crippen MR) is 77.2 cm³/mol. The van der Waals surface area contributed by atoms with Crippen molar-refractivity contribution in [1.82, 2.24) is 14.5 Å². The van der Waals surface area contributed by atoms with Gasteiger partial charge in [0.1, 0.15) is 0 Å². The Kier molecular flexibility index (Phi) is 4.82. The lowest BCUT2D eigenvalue weighted by Crippen LogP contribution is -2.36. The number of aliphatic hydroxyl groups is 1. The zero-order valence-corrected chi connectivity index (χ0v) is 12.2. The molecule has 0 spiro atoms. The van der Waals surface area contributed by atoms with Gasteiger partial charge >= 0.3 is 0 Å². The summed E-state index contributed by atoms with van der Waals surface area (Å²) in [6.45, 7) is 5.62. The van der Waals surface area contributed by atoms with Crippen LogP contribution in [-0.4, -0.2) is 38.1 Å². The van der Waals surface area contributed by atoms with E-state index in [0.717, 1.165) is 37.8 Å². The van der Waals surface area contributed by atoms with E-state index in [0.29, 0.717) is 6.54 Å². The van der Waals surface area contributed by atoms with Crippen molar-refractivity contribution in [2.45, 2.75) is 52.1 Å². The number of imidazole rings is 1. The number of hydrogen-bond acceptors (Lipinski definition) is 3. The van der Waals surface area contributed by atoms with Gasteiger partial charge in [0.2, 0.25) is 0 Å². The average Bonchev–Trinajstić information content (AvgIpc) is 3.02. The molecule has 1 atom stereocenters. The third-order valence-corrected chi connectivity index (χ3v) is 3.86. The van der Waals surface area contributed by atoms with Crippen LogP contribution in [0.1, 0.15) is 39.5 Å². The van der Waals surface area contributed by atoms with E-state index >= 15 is 0 Å². The Hall–Kier alpha value is -1.78. The van der Waals surface area contributed by atoms with Crippen molar-refractivity contribution >= 4 is 5.91 Å². The van der Waals surface area contributed by atoms with Crippen molar-refractivity contribution in [3.63, 3.8) is 0 Å². The molecule has 5 heteroatoms. The first-order chi connectivity index (χ1) is 9.69. The van der Waals surface area contributed by atoms with Gasteiger partial charge in [0.05, 0.1) is 12.4 Å². The first-order valence-electron chi connectivity index (χ1n) is 7.37. The Labute approximate surface area is 119 Å². The monoisotopic (exact) mass is 277 g/mol. The second-order valence-corrected chi connectivity index (χ2v) is 5.18. The highest BCUT2D eigenvalue weighted by Crippen LogP contribution is 2.30. The minimum Gasteiger partial charge on any atom is -0.503 e. The fraction of sp³-hybridized carbons (Fsp3) is 0.600. The Bertz CT molecular complexity index is 479. The maximum absolute atomic E-state index is 12.2. The van der Waals surface area contributed by atoms with Crippen molar-refractivity contribution in [3.8, 4) is 0 Å². The van der Waals surface area contributed by atoms with Crippen LogP contribution in [0.15, 0.2) is 30.1 Å². The zero-order chi connectivity index (χ0) is 14.5. The van der Waals surface area contributed by atoms with E-state index in [4.69, 9.17) is 0 Å². The number of hydrogen-bond donors (Lipinski definition) is 1. The first-order valence-corrected chi connectivity index (χ1v) is 7.37. The van der Waals surface area contributed by atoms with Gasteiger partial charge in [0.25, 0.3) is 5.91 Å². The number of carbonyl (C=O) groups is 1. The van der Waals surface area contributed by atoms with E-state index < -0.39 is 0 Å². The fourth-order valence-electron chi connectivity index (χ4n) is 2.87. The second-order valence-electron chi connectivity index (χ2n) is 5.18. The van der Waals surface area contributed by atoms with Gasteiger partial charge in [-0.25, -0.2) is 4.98 Å². The molecule has 0 aliphatic carbocycles. The van der Waals surface area contributed by atoms with Crippen molar-refractivity contribution in [3.05, 3.63) is 30.1 Å². The average molecular weight is 277 g/mol. The van der Waals surface area contributed by atoms with Gasteiger partial charge in [-0.3, -0.25) is 4.79 Å². The molecule has 0 aromatic carbocycles. The molecule has 2 heterocycles. The van der Waals surface area contributed by atoms with Gasteiger partial charge in [-0.1, -0.05) is 20.3 Å².